The van der Waals surface area contributed by atoms with Crippen LogP contribution >= 0.6 is 0 Å². The van der Waals surface area contributed by atoms with Crippen LogP contribution in [-0.2, 0) is 6.42 Å². The van der Waals surface area contributed by atoms with Crippen molar-refractivity contribution in [3.05, 3.63) is 83.0 Å². The maximum atomic E-state index is 12.5. The van der Waals surface area contributed by atoms with Gasteiger partial charge in [0.25, 0.3) is 5.91 Å². The number of para-hydroxylation sites is 1. The first-order valence-electron chi connectivity index (χ1n) is 9.28. The van der Waals surface area contributed by atoms with Crippen LogP contribution in [0.5, 0.6) is 5.75 Å². The molecule has 144 valence electrons. The summed E-state index contributed by atoms with van der Waals surface area (Å²) in [5.41, 5.74) is 4.99. The summed E-state index contributed by atoms with van der Waals surface area (Å²) in [4.78, 5) is 16.8. The molecule has 0 atom stereocenters. The number of rotatable bonds is 7. The highest BCUT2D eigenvalue weighted by Gasteiger charge is 2.09. The second-order valence-electron chi connectivity index (χ2n) is 6.62. The molecule has 0 spiro atoms. The molecule has 1 aromatic heterocycles. The average Bonchev–Trinajstić information content (AvgIpc) is 2.72. The first-order valence-corrected chi connectivity index (χ1v) is 9.28. The molecule has 28 heavy (non-hydrogen) atoms. The molecule has 5 nitrogen and oxygen atoms in total. The third-order valence-electron chi connectivity index (χ3n) is 4.76. The molecule has 0 fully saturated rings. The number of nitrogens with one attached hydrogen (secondary N) is 2. The average molecular weight is 375 g/mol. The number of anilines is 2. The van der Waals surface area contributed by atoms with Crippen LogP contribution in [0.1, 0.15) is 27.0 Å². The molecule has 1 heterocycles. The Kier molecular flexibility index (Phi) is 6.27. The van der Waals surface area contributed by atoms with E-state index >= 15 is 0 Å². The normalized spacial score (nSPS) is 10.4. The maximum absolute atomic E-state index is 12.5. The van der Waals surface area contributed by atoms with Gasteiger partial charge in [-0.15, -0.1) is 0 Å². The molecule has 0 unspecified atom stereocenters. The van der Waals surface area contributed by atoms with Crippen molar-refractivity contribution in [3.8, 4) is 5.75 Å². The Labute approximate surface area is 165 Å². The number of ether oxygens (including phenoxy) is 1. The highest BCUT2D eigenvalue weighted by Crippen LogP contribution is 2.22. The second-order valence-corrected chi connectivity index (χ2v) is 6.62. The minimum atomic E-state index is -0.124. The fourth-order valence-corrected chi connectivity index (χ4v) is 2.99. The molecule has 3 rings (SSSR count). The van der Waals surface area contributed by atoms with Gasteiger partial charge in [0.1, 0.15) is 11.6 Å². The van der Waals surface area contributed by atoms with Crippen molar-refractivity contribution in [1.29, 1.82) is 0 Å². The molecule has 0 aliphatic heterocycles. The summed E-state index contributed by atoms with van der Waals surface area (Å²) in [7, 11) is 1.65. The molecule has 0 radical (unpaired) electrons. The fourth-order valence-electron chi connectivity index (χ4n) is 2.99. The van der Waals surface area contributed by atoms with Crippen molar-refractivity contribution < 1.29 is 9.53 Å². The Balaban J connectivity index is 1.63. The lowest BCUT2D eigenvalue weighted by molar-refractivity contribution is 0.0954. The van der Waals surface area contributed by atoms with Crippen molar-refractivity contribution in [2.24, 2.45) is 0 Å². The van der Waals surface area contributed by atoms with E-state index in [1.807, 2.05) is 36.4 Å². The molecule has 5 heteroatoms. The van der Waals surface area contributed by atoms with E-state index in [1.165, 1.54) is 5.56 Å². The summed E-state index contributed by atoms with van der Waals surface area (Å²) in [5.74, 6) is 1.35. The Morgan fingerprint density at radius 3 is 2.71 bits per heavy atom. The molecular weight excluding hydrogens is 350 g/mol. The monoisotopic (exact) mass is 375 g/mol. The SMILES string of the molecule is COc1ccccc1CCNC(=O)c1ccnc(Nc2cccc(C)c2C)c1. The predicted octanol–water partition coefficient (Wildman–Crippen LogP) is 4.42. The molecule has 1 amide bonds. The number of benzene rings is 2. The highest BCUT2D eigenvalue weighted by molar-refractivity contribution is 5.94. The zero-order chi connectivity index (χ0) is 19.9. The van der Waals surface area contributed by atoms with Crippen LogP contribution < -0.4 is 15.4 Å². The summed E-state index contributed by atoms with van der Waals surface area (Å²) in [5, 5.41) is 6.26. The van der Waals surface area contributed by atoms with E-state index in [2.05, 4.69) is 35.5 Å². The van der Waals surface area contributed by atoms with Crippen molar-refractivity contribution in [1.82, 2.24) is 10.3 Å². The first kappa shape index (κ1) is 19.4. The Morgan fingerprint density at radius 1 is 1.07 bits per heavy atom. The van der Waals surface area contributed by atoms with Crippen molar-refractivity contribution in [2.45, 2.75) is 20.3 Å². The Morgan fingerprint density at radius 2 is 1.89 bits per heavy atom. The number of amides is 1. The quantitative estimate of drug-likeness (QED) is 0.641. The number of hydrogen-bond donors (Lipinski definition) is 2. The number of carbonyl (C=O) groups is 1. The van der Waals surface area contributed by atoms with Crippen LogP contribution in [0.4, 0.5) is 11.5 Å². The summed E-state index contributed by atoms with van der Waals surface area (Å²) in [6, 6.07) is 17.4. The van der Waals surface area contributed by atoms with Gasteiger partial charge < -0.3 is 15.4 Å². The number of methoxy groups -OCH3 is 1. The first-order chi connectivity index (χ1) is 13.6. The van der Waals surface area contributed by atoms with E-state index in [-0.39, 0.29) is 5.91 Å². The number of aromatic nitrogens is 1. The van der Waals surface area contributed by atoms with Crippen molar-refractivity contribution in [2.75, 3.05) is 19.0 Å². The predicted molar refractivity (Wildman–Crippen MR) is 112 cm³/mol. The van der Waals surface area contributed by atoms with Gasteiger partial charge in [-0.05, 0) is 61.2 Å². The standard InChI is InChI=1S/C23H25N3O2/c1-16-7-6-9-20(17(16)2)26-22-15-19(12-13-24-22)23(27)25-14-11-18-8-4-5-10-21(18)28-3/h4-10,12-13,15H,11,14H2,1-3H3,(H,24,26)(H,25,27). The van der Waals surface area contributed by atoms with Crippen LogP contribution in [0.25, 0.3) is 0 Å². The second kappa shape index (κ2) is 9.04. The summed E-state index contributed by atoms with van der Waals surface area (Å²) in [6.07, 6.45) is 2.34. The van der Waals surface area contributed by atoms with E-state index in [4.69, 9.17) is 4.74 Å². The molecule has 0 saturated carbocycles. The molecule has 2 aromatic carbocycles. The van der Waals surface area contributed by atoms with Crippen molar-refractivity contribution in [3.63, 3.8) is 0 Å². The lowest BCUT2D eigenvalue weighted by Crippen LogP contribution is -2.25. The summed E-state index contributed by atoms with van der Waals surface area (Å²) < 4.78 is 5.35. The van der Waals surface area contributed by atoms with Gasteiger partial charge in [-0.3, -0.25) is 4.79 Å². The van der Waals surface area contributed by atoms with Gasteiger partial charge in [0, 0.05) is 24.0 Å². The van der Waals surface area contributed by atoms with Gasteiger partial charge in [0.2, 0.25) is 0 Å². The zero-order valence-electron chi connectivity index (χ0n) is 16.5. The van der Waals surface area contributed by atoms with Gasteiger partial charge in [0.05, 0.1) is 7.11 Å². The molecule has 0 saturated heterocycles. The van der Waals surface area contributed by atoms with Crippen LogP contribution in [-0.4, -0.2) is 24.5 Å². The zero-order valence-corrected chi connectivity index (χ0v) is 16.5. The minimum Gasteiger partial charge on any atom is -0.496 e. The third-order valence-corrected chi connectivity index (χ3v) is 4.76. The van der Waals surface area contributed by atoms with Gasteiger partial charge in [-0.2, -0.15) is 0 Å². The summed E-state index contributed by atoms with van der Waals surface area (Å²) >= 11 is 0. The topological polar surface area (TPSA) is 63.2 Å². The minimum absolute atomic E-state index is 0.124. The van der Waals surface area contributed by atoms with Crippen molar-refractivity contribution >= 4 is 17.4 Å². The van der Waals surface area contributed by atoms with E-state index in [1.54, 1.807) is 25.4 Å². The van der Waals surface area contributed by atoms with Gasteiger partial charge in [0.15, 0.2) is 0 Å². The molecule has 3 aromatic rings. The van der Waals surface area contributed by atoms with Crippen LogP contribution in [0.2, 0.25) is 0 Å². The Hall–Kier alpha value is -3.34. The molecular formula is C23H25N3O2. The molecule has 0 aliphatic carbocycles. The lowest BCUT2D eigenvalue weighted by atomic mass is 10.1. The largest absolute Gasteiger partial charge is 0.496 e. The van der Waals surface area contributed by atoms with Gasteiger partial charge in [-0.1, -0.05) is 30.3 Å². The smallest absolute Gasteiger partial charge is 0.251 e. The number of nitrogens with zero attached hydrogens (tertiary/aromatic N) is 1. The molecule has 0 bridgehead atoms. The van der Waals surface area contributed by atoms with Gasteiger partial charge >= 0.3 is 0 Å². The third kappa shape index (κ3) is 4.68. The van der Waals surface area contributed by atoms with E-state index in [9.17, 15) is 4.79 Å². The van der Waals surface area contributed by atoms with Crippen LogP contribution in [0.15, 0.2) is 60.8 Å². The number of pyridine rings is 1. The van der Waals surface area contributed by atoms with Crippen LogP contribution in [0, 0.1) is 13.8 Å². The summed E-state index contributed by atoms with van der Waals surface area (Å²) in [6.45, 7) is 4.66. The Bertz CT molecular complexity index is 970. The van der Waals surface area contributed by atoms with E-state index in [0.29, 0.717) is 24.3 Å². The van der Waals surface area contributed by atoms with E-state index < -0.39 is 0 Å². The molecule has 0 aliphatic rings. The highest BCUT2D eigenvalue weighted by atomic mass is 16.5. The van der Waals surface area contributed by atoms with Gasteiger partial charge in [-0.25, -0.2) is 4.98 Å². The fraction of sp³-hybridized carbons (Fsp3) is 0.217. The maximum Gasteiger partial charge on any atom is 0.251 e. The lowest BCUT2D eigenvalue weighted by Gasteiger charge is -2.12. The number of hydrogen-bond acceptors (Lipinski definition) is 4. The molecule has 2 N–H and O–H groups in total. The number of aryl methyl sites for hydroxylation is 1. The van der Waals surface area contributed by atoms with E-state index in [0.717, 1.165) is 22.6 Å². The van der Waals surface area contributed by atoms with Crippen LogP contribution in [0.3, 0.4) is 0 Å². The number of carbonyl (C=O) groups excluding carboxylic acids is 1.